The van der Waals surface area contributed by atoms with Crippen LogP contribution < -0.4 is 4.74 Å². The zero-order valence-electron chi connectivity index (χ0n) is 9.98. The van der Waals surface area contributed by atoms with Crippen molar-refractivity contribution in [2.24, 2.45) is 0 Å². The quantitative estimate of drug-likeness (QED) is 0.788. The third kappa shape index (κ3) is 3.21. The fourth-order valence-electron chi connectivity index (χ4n) is 1.90. The van der Waals surface area contributed by atoms with Gasteiger partial charge >= 0.3 is 0 Å². The largest absolute Gasteiger partial charge is 0.494 e. The smallest absolute Gasteiger partial charge is 0.119 e. The highest BCUT2D eigenvalue weighted by Crippen LogP contribution is 2.25. The summed E-state index contributed by atoms with van der Waals surface area (Å²) in [5, 5.41) is 8.68. The Bertz CT molecular complexity index is 433. The lowest BCUT2D eigenvalue weighted by molar-refractivity contribution is 0.253. The summed E-state index contributed by atoms with van der Waals surface area (Å²) < 4.78 is 5.64. The van der Waals surface area contributed by atoms with Gasteiger partial charge < -0.3 is 9.84 Å². The zero-order chi connectivity index (χ0) is 12.1. The molecule has 0 aromatic heterocycles. The maximum atomic E-state index is 8.68. The monoisotopic (exact) mass is 230 g/mol. The summed E-state index contributed by atoms with van der Waals surface area (Å²) in [6, 6.07) is 6.17. The lowest BCUT2D eigenvalue weighted by atomic mass is 9.94. The van der Waals surface area contributed by atoms with Gasteiger partial charge in [-0.05, 0) is 42.5 Å². The van der Waals surface area contributed by atoms with Crippen LogP contribution in [-0.2, 0) is 6.42 Å². The molecule has 1 aromatic carbocycles. The van der Waals surface area contributed by atoms with Crippen molar-refractivity contribution in [1.29, 1.82) is 0 Å². The normalized spacial score (nSPS) is 13.6. The molecule has 0 saturated carbocycles. The fraction of sp³-hybridized carbons (Fsp3) is 0.333. The molecule has 0 amide bonds. The number of hydrogen-bond donors (Lipinski definition) is 1. The van der Waals surface area contributed by atoms with Gasteiger partial charge in [0, 0.05) is 6.61 Å². The average molecular weight is 230 g/mol. The Morgan fingerprint density at radius 2 is 2.12 bits per heavy atom. The van der Waals surface area contributed by atoms with Crippen molar-refractivity contribution in [3.8, 4) is 5.75 Å². The molecule has 1 aromatic rings. The van der Waals surface area contributed by atoms with Gasteiger partial charge in [-0.3, -0.25) is 0 Å². The van der Waals surface area contributed by atoms with Crippen LogP contribution in [0.5, 0.6) is 5.75 Å². The van der Waals surface area contributed by atoms with Crippen molar-refractivity contribution >= 4 is 6.08 Å². The molecular weight excluding hydrogens is 212 g/mol. The zero-order valence-corrected chi connectivity index (χ0v) is 9.98. The van der Waals surface area contributed by atoms with Crippen molar-refractivity contribution in [2.45, 2.75) is 19.3 Å². The molecule has 2 rings (SSSR count). The number of unbranched alkanes of at least 4 members (excludes halogenated alkanes) is 1. The SMILES string of the molecule is C=C1C=Cc2ccc(OCCCCO)cc2C1. The van der Waals surface area contributed by atoms with E-state index >= 15 is 0 Å². The minimum Gasteiger partial charge on any atom is -0.494 e. The van der Waals surface area contributed by atoms with E-state index in [0.717, 1.165) is 30.6 Å². The maximum absolute atomic E-state index is 8.68. The standard InChI is InChI=1S/C15H18O2/c1-12-4-5-13-6-7-15(11-14(13)10-12)17-9-3-2-8-16/h4-7,11,16H,1-3,8-10H2. The molecule has 0 aliphatic heterocycles. The number of aliphatic hydroxyl groups is 1. The van der Waals surface area contributed by atoms with Gasteiger partial charge in [-0.1, -0.05) is 30.4 Å². The topological polar surface area (TPSA) is 29.5 Å². The summed E-state index contributed by atoms with van der Waals surface area (Å²) in [7, 11) is 0. The molecule has 0 fully saturated rings. The Morgan fingerprint density at radius 1 is 1.24 bits per heavy atom. The van der Waals surface area contributed by atoms with Gasteiger partial charge in [0.15, 0.2) is 0 Å². The Morgan fingerprint density at radius 3 is 2.94 bits per heavy atom. The Balaban J connectivity index is 1.99. The third-order valence-electron chi connectivity index (χ3n) is 2.85. The van der Waals surface area contributed by atoms with Crippen LogP contribution in [0.3, 0.4) is 0 Å². The predicted octanol–water partition coefficient (Wildman–Crippen LogP) is 2.96. The molecule has 1 aliphatic carbocycles. The highest BCUT2D eigenvalue weighted by atomic mass is 16.5. The summed E-state index contributed by atoms with van der Waals surface area (Å²) in [5.41, 5.74) is 3.66. The van der Waals surface area contributed by atoms with E-state index in [1.165, 1.54) is 11.1 Å². The number of rotatable bonds is 5. The average Bonchev–Trinajstić information content (AvgIpc) is 2.34. The first-order chi connectivity index (χ1) is 8.29. The molecular formula is C15H18O2. The van der Waals surface area contributed by atoms with Gasteiger partial charge in [0.05, 0.1) is 6.61 Å². The van der Waals surface area contributed by atoms with Gasteiger partial charge in [0.25, 0.3) is 0 Å². The van der Waals surface area contributed by atoms with E-state index < -0.39 is 0 Å². The fourth-order valence-corrected chi connectivity index (χ4v) is 1.90. The van der Waals surface area contributed by atoms with E-state index in [2.05, 4.69) is 30.9 Å². The summed E-state index contributed by atoms with van der Waals surface area (Å²) in [6.07, 6.45) is 6.74. The number of hydrogen-bond acceptors (Lipinski definition) is 2. The van der Waals surface area contributed by atoms with Crippen LogP contribution >= 0.6 is 0 Å². The molecule has 17 heavy (non-hydrogen) atoms. The van der Waals surface area contributed by atoms with Crippen LogP contribution in [0.25, 0.3) is 6.08 Å². The lowest BCUT2D eigenvalue weighted by Gasteiger charge is -2.14. The van der Waals surface area contributed by atoms with Crippen molar-refractivity contribution in [3.63, 3.8) is 0 Å². The Hall–Kier alpha value is -1.54. The van der Waals surface area contributed by atoms with Crippen LogP contribution in [0.4, 0.5) is 0 Å². The number of benzene rings is 1. The van der Waals surface area contributed by atoms with Crippen LogP contribution in [0.15, 0.2) is 36.4 Å². The maximum Gasteiger partial charge on any atom is 0.119 e. The van der Waals surface area contributed by atoms with Gasteiger partial charge in [-0.15, -0.1) is 0 Å². The van der Waals surface area contributed by atoms with E-state index in [0.29, 0.717) is 6.61 Å². The van der Waals surface area contributed by atoms with Crippen molar-refractivity contribution in [3.05, 3.63) is 47.6 Å². The first-order valence-electron chi connectivity index (χ1n) is 6.02. The first-order valence-corrected chi connectivity index (χ1v) is 6.02. The van der Waals surface area contributed by atoms with E-state index in [-0.39, 0.29) is 6.61 Å². The van der Waals surface area contributed by atoms with E-state index in [9.17, 15) is 0 Å². The molecule has 0 bridgehead atoms. The van der Waals surface area contributed by atoms with Gasteiger partial charge in [-0.25, -0.2) is 0 Å². The molecule has 0 saturated heterocycles. The molecule has 1 aliphatic rings. The minimum absolute atomic E-state index is 0.234. The minimum atomic E-state index is 0.234. The number of allylic oxidation sites excluding steroid dienone is 2. The number of ether oxygens (including phenoxy) is 1. The lowest BCUT2D eigenvalue weighted by Crippen LogP contribution is -2.01. The molecule has 1 N–H and O–H groups in total. The summed E-state index contributed by atoms with van der Waals surface area (Å²) in [4.78, 5) is 0. The summed E-state index contributed by atoms with van der Waals surface area (Å²) in [6.45, 7) is 4.87. The molecule has 0 unspecified atom stereocenters. The van der Waals surface area contributed by atoms with Crippen LogP contribution in [0.2, 0.25) is 0 Å². The second kappa shape index (κ2) is 5.69. The second-order valence-electron chi connectivity index (χ2n) is 4.31. The van der Waals surface area contributed by atoms with E-state index in [1.807, 2.05) is 6.07 Å². The first kappa shape index (κ1) is 11.9. The van der Waals surface area contributed by atoms with Crippen molar-refractivity contribution in [2.75, 3.05) is 13.2 Å². The highest BCUT2D eigenvalue weighted by molar-refractivity contribution is 5.62. The molecule has 0 atom stereocenters. The molecule has 90 valence electrons. The molecule has 0 heterocycles. The highest BCUT2D eigenvalue weighted by Gasteiger charge is 2.07. The number of fused-ring (bicyclic) bond motifs is 1. The molecule has 2 heteroatoms. The molecule has 0 radical (unpaired) electrons. The second-order valence-corrected chi connectivity index (χ2v) is 4.31. The van der Waals surface area contributed by atoms with Gasteiger partial charge in [0.1, 0.15) is 5.75 Å². The Labute approximate surface area is 102 Å². The molecule has 0 spiro atoms. The summed E-state index contributed by atoms with van der Waals surface area (Å²) in [5.74, 6) is 0.907. The van der Waals surface area contributed by atoms with Crippen LogP contribution in [0.1, 0.15) is 24.0 Å². The summed E-state index contributed by atoms with van der Waals surface area (Å²) >= 11 is 0. The van der Waals surface area contributed by atoms with Crippen LogP contribution in [-0.4, -0.2) is 18.3 Å². The predicted molar refractivity (Wildman–Crippen MR) is 70.1 cm³/mol. The molecule has 2 nitrogen and oxygen atoms in total. The van der Waals surface area contributed by atoms with Crippen molar-refractivity contribution in [1.82, 2.24) is 0 Å². The van der Waals surface area contributed by atoms with E-state index in [4.69, 9.17) is 9.84 Å². The van der Waals surface area contributed by atoms with Crippen LogP contribution in [0, 0.1) is 0 Å². The van der Waals surface area contributed by atoms with Gasteiger partial charge in [0.2, 0.25) is 0 Å². The van der Waals surface area contributed by atoms with Gasteiger partial charge in [-0.2, -0.15) is 0 Å². The Kier molecular flexibility index (Phi) is 3.99. The third-order valence-corrected chi connectivity index (χ3v) is 2.85. The van der Waals surface area contributed by atoms with E-state index in [1.54, 1.807) is 0 Å². The van der Waals surface area contributed by atoms with Crippen molar-refractivity contribution < 1.29 is 9.84 Å². The number of aliphatic hydroxyl groups excluding tert-OH is 1.